The van der Waals surface area contributed by atoms with E-state index in [1.807, 2.05) is 0 Å². The zero-order chi connectivity index (χ0) is 9.84. The number of rotatable bonds is 2. The second kappa shape index (κ2) is 6.22. The molecule has 0 bridgehead atoms. The van der Waals surface area contributed by atoms with Crippen molar-refractivity contribution in [3.05, 3.63) is 0 Å². The summed E-state index contributed by atoms with van der Waals surface area (Å²) in [6.45, 7) is 6.53. The van der Waals surface area contributed by atoms with Gasteiger partial charge in [0.05, 0.1) is 13.7 Å². The van der Waals surface area contributed by atoms with E-state index in [0.717, 1.165) is 13.1 Å². The Hall–Kier alpha value is -0.320. The van der Waals surface area contributed by atoms with Gasteiger partial charge in [0.25, 0.3) is 0 Å². The third-order valence-electron chi connectivity index (χ3n) is 2.55. The molecule has 1 aliphatic rings. The number of nitrogens with zero attached hydrogens (tertiary/aromatic N) is 1. The summed E-state index contributed by atoms with van der Waals surface area (Å²) in [5.74, 6) is -0.152. The maximum Gasteiger partial charge on any atom is 0.319 e. The number of ether oxygens (including phenoxy) is 1. The highest BCUT2D eigenvalue weighted by Gasteiger charge is 2.26. The van der Waals surface area contributed by atoms with Crippen molar-refractivity contribution >= 4 is 18.4 Å². The number of nitrogens with one attached hydrogen (secondary N) is 1. The number of esters is 1. The molecular formula is C9H19ClN2O2. The van der Waals surface area contributed by atoms with Crippen LogP contribution in [0, 0.1) is 0 Å². The fourth-order valence-electron chi connectivity index (χ4n) is 1.70. The largest absolute Gasteiger partial charge is 0.468 e. The molecule has 1 saturated heterocycles. The van der Waals surface area contributed by atoms with E-state index in [9.17, 15) is 4.79 Å². The van der Waals surface area contributed by atoms with Crippen LogP contribution < -0.4 is 5.32 Å². The van der Waals surface area contributed by atoms with Crippen molar-refractivity contribution in [1.29, 1.82) is 0 Å². The van der Waals surface area contributed by atoms with Crippen molar-refractivity contribution in [2.24, 2.45) is 0 Å². The van der Waals surface area contributed by atoms with Crippen LogP contribution in [-0.4, -0.2) is 49.7 Å². The lowest BCUT2D eigenvalue weighted by atomic mass is 10.1. The van der Waals surface area contributed by atoms with Gasteiger partial charge in [-0.2, -0.15) is 0 Å². The first-order valence-corrected chi connectivity index (χ1v) is 4.68. The zero-order valence-electron chi connectivity index (χ0n) is 8.95. The number of carbonyl (C=O) groups excluding carboxylic acids is 1. The van der Waals surface area contributed by atoms with Crippen molar-refractivity contribution in [1.82, 2.24) is 10.2 Å². The third kappa shape index (κ3) is 3.44. The Labute approximate surface area is 91.4 Å². The summed E-state index contributed by atoms with van der Waals surface area (Å²) in [6, 6.07) is 0.811. The van der Waals surface area contributed by atoms with Gasteiger partial charge in [0.15, 0.2) is 0 Å². The minimum atomic E-state index is -0.152. The van der Waals surface area contributed by atoms with E-state index in [0.29, 0.717) is 18.6 Å². The maximum absolute atomic E-state index is 11.1. The quantitative estimate of drug-likeness (QED) is 0.681. The van der Waals surface area contributed by atoms with Crippen LogP contribution in [0.5, 0.6) is 0 Å². The average Bonchev–Trinajstić information content (AvgIpc) is 2.11. The molecule has 0 aliphatic carbocycles. The number of piperazine rings is 1. The van der Waals surface area contributed by atoms with Gasteiger partial charge in [-0.3, -0.25) is 9.69 Å². The van der Waals surface area contributed by atoms with Crippen LogP contribution in [0.25, 0.3) is 0 Å². The van der Waals surface area contributed by atoms with Gasteiger partial charge in [-0.25, -0.2) is 0 Å². The lowest BCUT2D eigenvalue weighted by Crippen LogP contribution is -2.56. The molecule has 14 heavy (non-hydrogen) atoms. The van der Waals surface area contributed by atoms with Crippen molar-refractivity contribution in [2.75, 3.05) is 26.7 Å². The lowest BCUT2D eigenvalue weighted by molar-refractivity contribution is -0.143. The molecule has 0 saturated carbocycles. The Morgan fingerprint density at radius 2 is 1.93 bits per heavy atom. The molecule has 5 heteroatoms. The van der Waals surface area contributed by atoms with Crippen molar-refractivity contribution in [3.8, 4) is 0 Å². The molecule has 1 N–H and O–H groups in total. The fraction of sp³-hybridized carbons (Fsp3) is 0.889. The molecule has 1 heterocycles. The first-order chi connectivity index (χ1) is 6.15. The van der Waals surface area contributed by atoms with Crippen LogP contribution in [0.15, 0.2) is 0 Å². The molecule has 0 aromatic carbocycles. The molecular weight excluding hydrogens is 204 g/mol. The Bertz CT molecular complexity index is 180. The van der Waals surface area contributed by atoms with E-state index in [1.165, 1.54) is 7.11 Å². The van der Waals surface area contributed by atoms with E-state index in [1.54, 1.807) is 0 Å². The van der Waals surface area contributed by atoms with Crippen LogP contribution in [0.3, 0.4) is 0 Å². The van der Waals surface area contributed by atoms with Gasteiger partial charge in [0.2, 0.25) is 0 Å². The molecule has 0 aromatic rings. The molecule has 0 spiro atoms. The van der Waals surface area contributed by atoms with Gasteiger partial charge < -0.3 is 10.1 Å². The van der Waals surface area contributed by atoms with Gasteiger partial charge in [0, 0.05) is 25.2 Å². The molecule has 0 unspecified atom stereocenters. The summed E-state index contributed by atoms with van der Waals surface area (Å²) in [6.07, 6.45) is 0. The summed E-state index contributed by atoms with van der Waals surface area (Å²) in [5.41, 5.74) is 0. The highest BCUT2D eigenvalue weighted by Crippen LogP contribution is 2.08. The molecule has 0 aromatic heterocycles. The molecule has 1 rings (SSSR count). The van der Waals surface area contributed by atoms with Gasteiger partial charge in [0.1, 0.15) is 0 Å². The Balaban J connectivity index is 0.00000169. The molecule has 0 amide bonds. The standard InChI is InChI=1S/C9H18N2O2.ClH/c1-7-4-10-5-8(2)11(7)6-9(12)13-3;/h7-8,10H,4-6H2,1-3H3;1H/t7-,8+;. The summed E-state index contributed by atoms with van der Waals surface area (Å²) < 4.78 is 4.65. The van der Waals surface area contributed by atoms with Crippen molar-refractivity contribution in [2.45, 2.75) is 25.9 Å². The lowest BCUT2D eigenvalue weighted by Gasteiger charge is -2.38. The highest BCUT2D eigenvalue weighted by molar-refractivity contribution is 5.85. The second-order valence-corrected chi connectivity index (χ2v) is 3.60. The second-order valence-electron chi connectivity index (χ2n) is 3.60. The van der Waals surface area contributed by atoms with Crippen LogP contribution in [-0.2, 0) is 9.53 Å². The maximum atomic E-state index is 11.1. The highest BCUT2D eigenvalue weighted by atomic mass is 35.5. The molecule has 1 fully saturated rings. The van der Waals surface area contributed by atoms with E-state index >= 15 is 0 Å². The molecule has 0 radical (unpaired) electrons. The van der Waals surface area contributed by atoms with Gasteiger partial charge in [-0.05, 0) is 13.8 Å². The Kier molecular flexibility index (Phi) is 6.08. The van der Waals surface area contributed by atoms with E-state index < -0.39 is 0 Å². The third-order valence-corrected chi connectivity index (χ3v) is 2.55. The van der Waals surface area contributed by atoms with E-state index in [2.05, 4.69) is 28.8 Å². The number of hydrogen-bond acceptors (Lipinski definition) is 4. The predicted octanol–water partition coefficient (Wildman–Crippen LogP) is 0.263. The molecule has 4 nitrogen and oxygen atoms in total. The first-order valence-electron chi connectivity index (χ1n) is 4.68. The summed E-state index contributed by atoms with van der Waals surface area (Å²) in [4.78, 5) is 13.3. The van der Waals surface area contributed by atoms with Crippen LogP contribution in [0.2, 0.25) is 0 Å². The predicted molar refractivity (Wildman–Crippen MR) is 57.8 cm³/mol. The first kappa shape index (κ1) is 13.7. The number of methoxy groups -OCH3 is 1. The molecule has 2 atom stereocenters. The van der Waals surface area contributed by atoms with Crippen LogP contribution in [0.1, 0.15) is 13.8 Å². The molecule has 1 aliphatic heterocycles. The average molecular weight is 223 g/mol. The van der Waals surface area contributed by atoms with Gasteiger partial charge in [-0.15, -0.1) is 12.4 Å². The normalized spacial score (nSPS) is 27.9. The van der Waals surface area contributed by atoms with Gasteiger partial charge >= 0.3 is 5.97 Å². The minimum Gasteiger partial charge on any atom is -0.468 e. The SMILES string of the molecule is COC(=O)CN1[C@H](C)CNC[C@@H]1C.Cl. The summed E-state index contributed by atoms with van der Waals surface area (Å²) in [7, 11) is 1.43. The number of halogens is 1. The van der Waals surface area contributed by atoms with E-state index in [-0.39, 0.29) is 18.4 Å². The van der Waals surface area contributed by atoms with Crippen LogP contribution >= 0.6 is 12.4 Å². The minimum absolute atomic E-state index is 0. The summed E-state index contributed by atoms with van der Waals surface area (Å²) >= 11 is 0. The number of hydrogen-bond donors (Lipinski definition) is 1. The van der Waals surface area contributed by atoms with Gasteiger partial charge in [-0.1, -0.05) is 0 Å². The topological polar surface area (TPSA) is 41.6 Å². The van der Waals surface area contributed by atoms with Crippen molar-refractivity contribution < 1.29 is 9.53 Å². The fourth-order valence-corrected chi connectivity index (χ4v) is 1.70. The number of carbonyl (C=O) groups is 1. The smallest absolute Gasteiger partial charge is 0.319 e. The monoisotopic (exact) mass is 222 g/mol. The summed E-state index contributed by atoms with van der Waals surface area (Å²) in [5, 5.41) is 3.31. The van der Waals surface area contributed by atoms with Crippen molar-refractivity contribution in [3.63, 3.8) is 0 Å². The van der Waals surface area contributed by atoms with Crippen LogP contribution in [0.4, 0.5) is 0 Å². The zero-order valence-corrected chi connectivity index (χ0v) is 9.76. The molecule has 84 valence electrons. The Morgan fingerprint density at radius 1 is 1.43 bits per heavy atom. The Morgan fingerprint density at radius 3 is 2.36 bits per heavy atom. The van der Waals surface area contributed by atoms with E-state index in [4.69, 9.17) is 0 Å².